The number of hydrogen-bond donors (Lipinski definition) is 0. The Labute approximate surface area is 73.4 Å². The summed E-state index contributed by atoms with van der Waals surface area (Å²) < 4.78 is 1.24. The summed E-state index contributed by atoms with van der Waals surface area (Å²) in [5, 5.41) is 9.39. The van der Waals surface area contributed by atoms with E-state index in [9.17, 15) is 0 Å². The summed E-state index contributed by atoms with van der Waals surface area (Å²) in [6.45, 7) is 3.51. The Balaban J connectivity index is 0.000000236. The molecular weight excluding hydrogens is 210 g/mol. The summed E-state index contributed by atoms with van der Waals surface area (Å²) in [6, 6.07) is 3.84. The van der Waals surface area contributed by atoms with Crippen molar-refractivity contribution in [2.45, 2.75) is 13.8 Å². The zero-order valence-electron chi connectivity index (χ0n) is 5.89. The van der Waals surface area contributed by atoms with E-state index in [1.807, 2.05) is 0 Å². The largest absolute Gasteiger partial charge is 0.199 e. The van der Waals surface area contributed by atoms with Crippen LogP contribution in [0.5, 0.6) is 0 Å². The lowest BCUT2D eigenvalue weighted by molar-refractivity contribution is 1.49. The van der Waals surface area contributed by atoms with E-state index in [4.69, 9.17) is 5.26 Å². The highest BCUT2D eigenvalue weighted by molar-refractivity contribution is 9.11. The van der Waals surface area contributed by atoms with Crippen molar-refractivity contribution >= 4 is 27.3 Å². The lowest BCUT2D eigenvalue weighted by Crippen LogP contribution is -1.55. The fourth-order valence-corrected chi connectivity index (χ4v) is 1.46. The van der Waals surface area contributed by atoms with E-state index in [0.29, 0.717) is 0 Å². The molecule has 1 aromatic rings. The zero-order chi connectivity index (χ0) is 7.98. The van der Waals surface area contributed by atoms with E-state index < -0.39 is 0 Å². The van der Waals surface area contributed by atoms with Crippen molar-refractivity contribution in [3.63, 3.8) is 0 Å². The van der Waals surface area contributed by atoms with Crippen molar-refractivity contribution in [1.82, 2.24) is 0 Å². The number of nitriles is 1. The molecule has 10 heavy (non-hydrogen) atoms. The van der Waals surface area contributed by atoms with E-state index in [-0.39, 0.29) is 0 Å². The molecule has 0 aromatic carbocycles. The first-order chi connectivity index (χ1) is 4.72. The van der Waals surface area contributed by atoms with Crippen LogP contribution in [-0.4, -0.2) is 0 Å². The highest BCUT2D eigenvalue weighted by Crippen LogP contribution is 2.21. The van der Waals surface area contributed by atoms with E-state index in [1.54, 1.807) is 17.4 Å². The van der Waals surface area contributed by atoms with Crippen LogP contribution in [0.15, 0.2) is 15.2 Å². The number of hydrogen-bond acceptors (Lipinski definition) is 2. The van der Waals surface area contributed by atoms with Crippen LogP contribution in [-0.2, 0) is 0 Å². The normalized spacial score (nSPS) is 7.40. The van der Waals surface area contributed by atoms with Crippen molar-refractivity contribution in [2.24, 2.45) is 0 Å². The smallest absolute Gasteiger partial charge is 0.0727 e. The Morgan fingerprint density at radius 3 is 2.30 bits per heavy atom. The summed E-state index contributed by atoms with van der Waals surface area (Å²) >= 11 is 5.10. The number of aryl methyl sites for hydroxylation is 1. The van der Waals surface area contributed by atoms with Crippen molar-refractivity contribution in [1.29, 1.82) is 5.26 Å². The standard InChI is InChI=1S/C5H5BrS.C2H3N/c1-4-2-3-7-5(4)6;1-2-3/h2-3H,1H3;1H3. The Morgan fingerprint density at radius 2 is 2.20 bits per heavy atom. The van der Waals surface area contributed by atoms with Gasteiger partial charge < -0.3 is 0 Å². The number of halogens is 1. The van der Waals surface area contributed by atoms with Gasteiger partial charge in [-0.05, 0) is 39.9 Å². The molecule has 0 atom stereocenters. The zero-order valence-corrected chi connectivity index (χ0v) is 8.29. The van der Waals surface area contributed by atoms with Crippen LogP contribution in [0.3, 0.4) is 0 Å². The first kappa shape index (κ1) is 9.67. The third-order valence-electron chi connectivity index (χ3n) is 0.800. The Bertz CT molecular complexity index is 207. The van der Waals surface area contributed by atoms with Gasteiger partial charge in [-0.2, -0.15) is 5.26 Å². The molecule has 0 amide bonds. The molecule has 1 rings (SSSR count). The molecule has 0 N–H and O–H groups in total. The van der Waals surface area contributed by atoms with Crippen LogP contribution in [0, 0.1) is 18.3 Å². The predicted molar refractivity (Wildman–Crippen MR) is 48.0 cm³/mol. The fraction of sp³-hybridized carbons (Fsp3) is 0.286. The molecule has 0 saturated heterocycles. The molecule has 0 radical (unpaired) electrons. The van der Waals surface area contributed by atoms with E-state index in [0.717, 1.165) is 0 Å². The van der Waals surface area contributed by atoms with Gasteiger partial charge in [0.25, 0.3) is 0 Å². The maximum absolute atomic E-state index is 7.32. The molecule has 0 spiro atoms. The highest BCUT2D eigenvalue weighted by Gasteiger charge is 1.89. The van der Waals surface area contributed by atoms with Gasteiger partial charge >= 0.3 is 0 Å². The summed E-state index contributed by atoms with van der Waals surface area (Å²) in [4.78, 5) is 0. The SMILES string of the molecule is CC#N.Cc1ccsc1Br. The lowest BCUT2D eigenvalue weighted by Gasteiger charge is -1.77. The van der Waals surface area contributed by atoms with Gasteiger partial charge in [-0.3, -0.25) is 0 Å². The molecule has 0 aliphatic heterocycles. The molecule has 0 unspecified atom stereocenters. The van der Waals surface area contributed by atoms with Gasteiger partial charge in [0, 0.05) is 6.92 Å². The maximum atomic E-state index is 7.32. The van der Waals surface area contributed by atoms with Crippen LogP contribution >= 0.6 is 27.3 Å². The Kier molecular flexibility index (Phi) is 5.27. The summed E-state index contributed by atoms with van der Waals surface area (Å²) in [6.07, 6.45) is 0. The molecule has 0 fully saturated rings. The number of rotatable bonds is 0. The Morgan fingerprint density at radius 1 is 1.70 bits per heavy atom. The molecule has 1 aromatic heterocycles. The second-order valence-electron chi connectivity index (χ2n) is 1.60. The monoisotopic (exact) mass is 217 g/mol. The summed E-state index contributed by atoms with van der Waals surface area (Å²) in [5.41, 5.74) is 1.32. The third-order valence-corrected chi connectivity index (χ3v) is 2.79. The average Bonchev–Trinajstić information content (AvgIpc) is 2.19. The van der Waals surface area contributed by atoms with E-state index in [1.165, 1.54) is 16.3 Å². The van der Waals surface area contributed by atoms with Crippen molar-refractivity contribution in [2.75, 3.05) is 0 Å². The quantitative estimate of drug-likeness (QED) is 0.655. The molecular formula is C7H8BrNS. The van der Waals surface area contributed by atoms with E-state index >= 15 is 0 Å². The summed E-state index contributed by atoms with van der Waals surface area (Å²) in [5.74, 6) is 0. The van der Waals surface area contributed by atoms with E-state index in [2.05, 4.69) is 34.3 Å². The van der Waals surface area contributed by atoms with Crippen LogP contribution in [0.25, 0.3) is 0 Å². The van der Waals surface area contributed by atoms with Crippen LogP contribution in [0.1, 0.15) is 12.5 Å². The number of nitrogens with zero attached hydrogens (tertiary/aromatic N) is 1. The Hall–Kier alpha value is -0.330. The molecule has 0 bridgehead atoms. The number of thiophene rings is 1. The second kappa shape index (κ2) is 5.45. The lowest BCUT2D eigenvalue weighted by atomic mass is 10.4. The minimum Gasteiger partial charge on any atom is -0.199 e. The van der Waals surface area contributed by atoms with Gasteiger partial charge in [-0.15, -0.1) is 11.3 Å². The van der Waals surface area contributed by atoms with Gasteiger partial charge in [0.1, 0.15) is 0 Å². The van der Waals surface area contributed by atoms with Crippen LogP contribution < -0.4 is 0 Å². The minimum atomic E-state index is 1.24. The first-order valence-electron chi connectivity index (χ1n) is 2.72. The van der Waals surface area contributed by atoms with Crippen LogP contribution in [0.4, 0.5) is 0 Å². The summed E-state index contributed by atoms with van der Waals surface area (Å²) in [7, 11) is 0. The molecule has 0 aliphatic carbocycles. The average molecular weight is 218 g/mol. The van der Waals surface area contributed by atoms with Gasteiger partial charge in [0.05, 0.1) is 9.86 Å². The topological polar surface area (TPSA) is 23.8 Å². The van der Waals surface area contributed by atoms with Gasteiger partial charge in [-0.25, -0.2) is 0 Å². The van der Waals surface area contributed by atoms with Crippen molar-refractivity contribution in [3.05, 3.63) is 20.8 Å². The van der Waals surface area contributed by atoms with Gasteiger partial charge in [0.2, 0.25) is 0 Å². The maximum Gasteiger partial charge on any atom is 0.0727 e. The molecule has 54 valence electrons. The highest BCUT2D eigenvalue weighted by atomic mass is 79.9. The van der Waals surface area contributed by atoms with Crippen molar-refractivity contribution < 1.29 is 0 Å². The van der Waals surface area contributed by atoms with Gasteiger partial charge in [-0.1, -0.05) is 0 Å². The van der Waals surface area contributed by atoms with Crippen molar-refractivity contribution in [3.8, 4) is 6.07 Å². The predicted octanol–water partition coefficient (Wildman–Crippen LogP) is 3.35. The minimum absolute atomic E-state index is 1.24. The second-order valence-corrected chi connectivity index (χ2v) is 3.83. The van der Waals surface area contributed by atoms with Crippen LogP contribution in [0.2, 0.25) is 0 Å². The molecule has 3 heteroatoms. The molecule has 0 aliphatic rings. The fourth-order valence-electron chi connectivity index (χ4n) is 0.354. The van der Waals surface area contributed by atoms with Gasteiger partial charge in [0.15, 0.2) is 0 Å². The molecule has 1 nitrogen and oxygen atoms in total. The third kappa shape index (κ3) is 3.65. The molecule has 1 heterocycles. The first-order valence-corrected chi connectivity index (χ1v) is 4.40. The molecule has 0 saturated carbocycles.